The first-order valence-electron chi connectivity index (χ1n) is 8.09. The maximum Gasteiger partial charge on any atom is 0.265 e. The molecule has 1 N–H and O–H groups in total. The van der Waals surface area contributed by atoms with Crippen LogP contribution >= 0.6 is 34.5 Å². The number of hydrogen-bond donors (Lipinski definition) is 1. The van der Waals surface area contributed by atoms with Crippen LogP contribution in [-0.4, -0.2) is 29.2 Å². The van der Waals surface area contributed by atoms with Gasteiger partial charge < -0.3 is 0 Å². The minimum absolute atomic E-state index is 0.110. The average Bonchev–Trinajstić information content (AvgIpc) is 3.14. The van der Waals surface area contributed by atoms with E-state index < -0.39 is 0 Å². The van der Waals surface area contributed by atoms with Crippen molar-refractivity contribution < 1.29 is 4.79 Å². The molecular formula is C19H13ClIN5O. The number of rotatable bonds is 4. The van der Waals surface area contributed by atoms with E-state index in [-0.39, 0.29) is 5.91 Å². The fourth-order valence-corrected chi connectivity index (χ4v) is 3.58. The highest BCUT2D eigenvalue weighted by Crippen LogP contribution is 2.29. The summed E-state index contributed by atoms with van der Waals surface area (Å²) >= 11 is 7.83. The Kier molecular flexibility index (Phi) is 5.04. The largest absolute Gasteiger partial charge is 0.276 e. The zero-order chi connectivity index (χ0) is 18.8. The lowest BCUT2D eigenvalue weighted by atomic mass is 10.1. The van der Waals surface area contributed by atoms with Crippen molar-refractivity contribution in [2.45, 2.75) is 6.54 Å². The Morgan fingerprint density at radius 3 is 2.70 bits per heavy atom. The van der Waals surface area contributed by atoms with E-state index in [0.717, 1.165) is 22.2 Å². The zero-order valence-corrected chi connectivity index (χ0v) is 16.8. The molecule has 8 heteroatoms. The van der Waals surface area contributed by atoms with Gasteiger partial charge in [0, 0.05) is 29.5 Å². The van der Waals surface area contributed by atoms with E-state index in [2.05, 4.69) is 20.2 Å². The van der Waals surface area contributed by atoms with Gasteiger partial charge in [0.15, 0.2) is 0 Å². The van der Waals surface area contributed by atoms with Crippen LogP contribution in [0.2, 0.25) is 5.15 Å². The fourth-order valence-electron chi connectivity index (χ4n) is 2.81. The van der Waals surface area contributed by atoms with Crippen LogP contribution in [-0.2, 0) is 6.54 Å². The summed E-state index contributed by atoms with van der Waals surface area (Å²) in [5, 5.41) is 8.74. The number of hydrogen-bond acceptors (Lipinski definition) is 4. The number of halogens is 2. The Bertz CT molecular complexity index is 1100. The van der Waals surface area contributed by atoms with Gasteiger partial charge in [0.2, 0.25) is 0 Å². The summed E-state index contributed by atoms with van der Waals surface area (Å²) in [7, 11) is 0. The molecule has 3 aromatic heterocycles. The highest BCUT2D eigenvalue weighted by molar-refractivity contribution is 14.1. The van der Waals surface area contributed by atoms with Gasteiger partial charge in [0.05, 0.1) is 40.5 Å². The predicted molar refractivity (Wildman–Crippen MR) is 112 cm³/mol. The van der Waals surface area contributed by atoms with E-state index in [9.17, 15) is 4.79 Å². The first kappa shape index (κ1) is 17.9. The van der Waals surface area contributed by atoms with E-state index in [1.807, 2.05) is 53.2 Å². The highest BCUT2D eigenvalue weighted by Gasteiger charge is 2.19. The van der Waals surface area contributed by atoms with Crippen LogP contribution in [0.25, 0.3) is 22.2 Å². The quantitative estimate of drug-likeness (QED) is 0.257. The van der Waals surface area contributed by atoms with Gasteiger partial charge >= 0.3 is 0 Å². The van der Waals surface area contributed by atoms with Crippen LogP contribution in [0.5, 0.6) is 0 Å². The van der Waals surface area contributed by atoms with Gasteiger partial charge in [-0.25, -0.2) is 4.98 Å². The molecular weight excluding hydrogens is 477 g/mol. The van der Waals surface area contributed by atoms with Crippen molar-refractivity contribution >= 4 is 51.3 Å². The molecule has 0 aliphatic rings. The summed E-state index contributed by atoms with van der Waals surface area (Å²) in [6, 6.07) is 13.0. The minimum Gasteiger partial charge on any atom is -0.276 e. The lowest BCUT2D eigenvalue weighted by molar-refractivity contribution is 0.0885. The number of nitrogens with zero attached hydrogens (tertiary/aromatic N) is 4. The molecule has 0 aliphatic carbocycles. The molecule has 27 heavy (non-hydrogen) atoms. The second kappa shape index (κ2) is 7.61. The summed E-state index contributed by atoms with van der Waals surface area (Å²) in [5.74, 6) is -0.110. The summed E-state index contributed by atoms with van der Waals surface area (Å²) in [4.78, 5) is 21.1. The van der Waals surface area contributed by atoms with E-state index >= 15 is 0 Å². The second-order valence-corrected chi connectivity index (χ2v) is 7.40. The number of benzene rings is 1. The van der Waals surface area contributed by atoms with Crippen molar-refractivity contribution in [2.24, 2.45) is 0 Å². The van der Waals surface area contributed by atoms with Gasteiger partial charge in [0.1, 0.15) is 10.8 Å². The summed E-state index contributed by atoms with van der Waals surface area (Å²) in [6.45, 7) is 0.422. The van der Waals surface area contributed by atoms with Crippen LogP contribution in [0, 0.1) is 0 Å². The third-order valence-electron chi connectivity index (χ3n) is 4.11. The Morgan fingerprint density at radius 2 is 1.96 bits per heavy atom. The van der Waals surface area contributed by atoms with Crippen molar-refractivity contribution in [1.82, 2.24) is 23.3 Å². The SMILES string of the molecule is O=C(c1cccc2c(-c3ccncc3)n[nH]c12)N(I)Cc1ccc(Cl)nc1. The topological polar surface area (TPSA) is 74.8 Å². The molecule has 1 aromatic carbocycles. The monoisotopic (exact) mass is 489 g/mol. The van der Waals surface area contributed by atoms with Crippen molar-refractivity contribution in [2.75, 3.05) is 0 Å². The summed E-state index contributed by atoms with van der Waals surface area (Å²) in [5.41, 5.74) is 3.92. The number of aromatic amines is 1. The van der Waals surface area contributed by atoms with E-state index in [1.165, 1.54) is 0 Å². The molecule has 0 unspecified atom stereocenters. The molecule has 1 amide bonds. The fraction of sp³-hybridized carbons (Fsp3) is 0.0526. The molecule has 0 saturated carbocycles. The summed E-state index contributed by atoms with van der Waals surface area (Å²) < 4.78 is 1.62. The predicted octanol–water partition coefficient (Wildman–Crippen LogP) is 4.67. The molecule has 0 radical (unpaired) electrons. The molecule has 0 aliphatic heterocycles. The van der Waals surface area contributed by atoms with E-state index in [4.69, 9.17) is 11.6 Å². The third-order valence-corrected chi connectivity index (χ3v) is 5.12. The van der Waals surface area contributed by atoms with Crippen molar-refractivity contribution in [3.63, 3.8) is 0 Å². The van der Waals surface area contributed by atoms with Crippen LogP contribution < -0.4 is 0 Å². The van der Waals surface area contributed by atoms with Crippen LogP contribution in [0.15, 0.2) is 61.1 Å². The van der Waals surface area contributed by atoms with Gasteiger partial charge in [-0.15, -0.1) is 0 Å². The number of H-pyrrole nitrogens is 1. The average molecular weight is 490 g/mol. The molecule has 0 bridgehead atoms. The number of amides is 1. The number of aromatic nitrogens is 4. The number of carbonyl (C=O) groups is 1. The molecule has 3 heterocycles. The Labute approximate surface area is 174 Å². The van der Waals surface area contributed by atoms with Crippen molar-refractivity contribution in [1.29, 1.82) is 0 Å². The smallest absolute Gasteiger partial charge is 0.265 e. The first-order chi connectivity index (χ1) is 13.1. The first-order valence-corrected chi connectivity index (χ1v) is 9.43. The Balaban J connectivity index is 1.66. The van der Waals surface area contributed by atoms with Crippen LogP contribution in [0.3, 0.4) is 0 Å². The van der Waals surface area contributed by atoms with Gasteiger partial charge in [-0.3, -0.25) is 18.0 Å². The number of nitrogens with one attached hydrogen (secondary N) is 1. The van der Waals surface area contributed by atoms with Crippen LogP contribution in [0.1, 0.15) is 15.9 Å². The minimum atomic E-state index is -0.110. The van der Waals surface area contributed by atoms with Gasteiger partial charge in [-0.2, -0.15) is 5.10 Å². The molecule has 0 saturated heterocycles. The molecule has 134 valence electrons. The molecule has 4 aromatic rings. The molecule has 0 atom stereocenters. The van der Waals surface area contributed by atoms with Gasteiger partial charge in [0.25, 0.3) is 5.91 Å². The van der Waals surface area contributed by atoms with Crippen molar-refractivity contribution in [3.8, 4) is 11.3 Å². The number of carbonyl (C=O) groups excluding carboxylic acids is 1. The lowest BCUT2D eigenvalue weighted by Gasteiger charge is -2.15. The normalized spacial score (nSPS) is 10.9. The number of para-hydroxylation sites is 1. The molecule has 4 rings (SSSR count). The standard InChI is InChI=1S/C19H13ClIN5O/c20-16-5-4-12(10-23-16)11-26(21)19(27)15-3-1-2-14-17(24-25-18(14)15)13-6-8-22-9-7-13/h1-10H,11H2,(H,24,25). The number of pyridine rings is 2. The lowest BCUT2D eigenvalue weighted by Crippen LogP contribution is -2.20. The van der Waals surface area contributed by atoms with Crippen LogP contribution in [0.4, 0.5) is 0 Å². The highest BCUT2D eigenvalue weighted by atomic mass is 127. The zero-order valence-electron chi connectivity index (χ0n) is 13.9. The second-order valence-electron chi connectivity index (χ2n) is 5.85. The number of fused-ring (bicyclic) bond motifs is 1. The van der Waals surface area contributed by atoms with E-state index in [0.29, 0.717) is 22.8 Å². The molecule has 0 fully saturated rings. The Morgan fingerprint density at radius 1 is 1.15 bits per heavy atom. The maximum atomic E-state index is 13.0. The van der Waals surface area contributed by atoms with E-state index in [1.54, 1.807) is 33.8 Å². The van der Waals surface area contributed by atoms with Gasteiger partial charge in [-0.1, -0.05) is 29.8 Å². The third kappa shape index (κ3) is 3.65. The van der Waals surface area contributed by atoms with Crippen molar-refractivity contribution in [3.05, 3.63) is 77.3 Å². The van der Waals surface area contributed by atoms with Gasteiger partial charge in [-0.05, 0) is 29.8 Å². The molecule has 0 spiro atoms. The Hall–Kier alpha value is -2.52. The molecule has 6 nitrogen and oxygen atoms in total. The summed E-state index contributed by atoms with van der Waals surface area (Å²) in [6.07, 6.45) is 5.11. The maximum absolute atomic E-state index is 13.0.